The maximum Gasteiger partial charge on any atom is 0.134 e. The lowest BCUT2D eigenvalue weighted by Gasteiger charge is -2.12. The largest absolute Gasteiger partial charge is 0.496 e. The summed E-state index contributed by atoms with van der Waals surface area (Å²) in [6.45, 7) is 9.21. The van der Waals surface area contributed by atoms with Crippen molar-refractivity contribution in [2.45, 2.75) is 33.7 Å². The number of anilines is 1. The Hall–Kier alpha value is -1.77. The van der Waals surface area contributed by atoms with E-state index in [0.717, 1.165) is 22.3 Å². The third-order valence-electron chi connectivity index (χ3n) is 5.29. The fourth-order valence-electron chi connectivity index (χ4n) is 3.17. The van der Waals surface area contributed by atoms with E-state index in [1.165, 1.54) is 0 Å². The van der Waals surface area contributed by atoms with E-state index in [-0.39, 0.29) is 10.8 Å². The monoisotopic (exact) mass is 270 g/mol. The van der Waals surface area contributed by atoms with Gasteiger partial charge < -0.3 is 10.1 Å². The van der Waals surface area contributed by atoms with Crippen LogP contribution in [0.15, 0.2) is 30.5 Å². The predicted octanol–water partition coefficient (Wildman–Crippen LogP) is 4.09. The third kappa shape index (κ3) is 1.69. The van der Waals surface area contributed by atoms with Crippen molar-refractivity contribution in [3.8, 4) is 5.75 Å². The molecular weight excluding hydrogens is 248 g/mol. The van der Waals surface area contributed by atoms with E-state index in [0.29, 0.717) is 6.04 Å². The van der Waals surface area contributed by atoms with Crippen LogP contribution in [0.2, 0.25) is 0 Å². The average molecular weight is 270 g/mol. The average Bonchev–Trinajstić information content (AvgIpc) is 2.81. The lowest BCUT2D eigenvalue weighted by Crippen LogP contribution is -2.11. The molecular formula is C17H22N2O. The summed E-state index contributed by atoms with van der Waals surface area (Å²) in [6.07, 6.45) is 1.84. The van der Waals surface area contributed by atoms with Gasteiger partial charge >= 0.3 is 0 Å². The first-order chi connectivity index (χ1) is 9.39. The molecule has 1 N–H and O–H groups in total. The third-order valence-corrected chi connectivity index (χ3v) is 5.29. The molecule has 0 amide bonds. The fourth-order valence-corrected chi connectivity index (χ4v) is 3.17. The standard InChI is InChI=1S/C17H22N2O/c1-16(2)15(17(16,3)4)19-14-12-7-6-8-13(20-5)11(12)9-10-18-14/h6-10,15H,1-5H3,(H,18,19). The molecule has 1 saturated carbocycles. The molecule has 0 spiro atoms. The molecule has 0 unspecified atom stereocenters. The molecule has 0 aliphatic heterocycles. The summed E-state index contributed by atoms with van der Waals surface area (Å²) in [5.41, 5.74) is 0.575. The lowest BCUT2D eigenvalue weighted by atomic mass is 10.0. The summed E-state index contributed by atoms with van der Waals surface area (Å²) in [5.74, 6) is 1.84. The minimum absolute atomic E-state index is 0.287. The molecule has 0 atom stereocenters. The van der Waals surface area contributed by atoms with Crippen LogP contribution in [0.3, 0.4) is 0 Å². The highest BCUT2D eigenvalue weighted by molar-refractivity contribution is 5.96. The number of benzene rings is 1. The summed E-state index contributed by atoms with van der Waals surface area (Å²) in [6, 6.07) is 8.53. The SMILES string of the molecule is COc1cccc2c(NC3C(C)(C)C3(C)C)nccc12. The topological polar surface area (TPSA) is 34.1 Å². The van der Waals surface area contributed by atoms with Crippen LogP contribution in [0.4, 0.5) is 5.82 Å². The zero-order chi connectivity index (χ0) is 14.5. The molecule has 0 bridgehead atoms. The van der Waals surface area contributed by atoms with Gasteiger partial charge in [-0.15, -0.1) is 0 Å². The molecule has 2 aromatic rings. The van der Waals surface area contributed by atoms with Crippen LogP contribution in [0.5, 0.6) is 5.75 Å². The second-order valence-corrected chi connectivity index (χ2v) is 6.74. The second-order valence-electron chi connectivity index (χ2n) is 6.74. The first-order valence-electron chi connectivity index (χ1n) is 7.08. The number of hydrogen-bond acceptors (Lipinski definition) is 3. The first-order valence-corrected chi connectivity index (χ1v) is 7.08. The first kappa shape index (κ1) is 13.2. The number of methoxy groups -OCH3 is 1. The highest BCUT2D eigenvalue weighted by Crippen LogP contribution is 2.63. The van der Waals surface area contributed by atoms with Crippen molar-refractivity contribution >= 4 is 16.6 Å². The van der Waals surface area contributed by atoms with Gasteiger partial charge in [-0.25, -0.2) is 4.98 Å². The lowest BCUT2D eigenvalue weighted by molar-refractivity contribution is 0.420. The molecule has 1 fully saturated rings. The number of pyridine rings is 1. The van der Waals surface area contributed by atoms with Crippen molar-refractivity contribution in [3.05, 3.63) is 30.5 Å². The quantitative estimate of drug-likeness (QED) is 0.912. The number of rotatable bonds is 3. The smallest absolute Gasteiger partial charge is 0.134 e. The van der Waals surface area contributed by atoms with Crippen molar-refractivity contribution in [2.24, 2.45) is 10.8 Å². The van der Waals surface area contributed by atoms with Crippen molar-refractivity contribution in [3.63, 3.8) is 0 Å². The zero-order valence-electron chi connectivity index (χ0n) is 12.8. The van der Waals surface area contributed by atoms with Gasteiger partial charge in [0.1, 0.15) is 11.6 Å². The number of nitrogens with one attached hydrogen (secondary N) is 1. The van der Waals surface area contributed by atoms with E-state index < -0.39 is 0 Å². The van der Waals surface area contributed by atoms with Crippen LogP contribution in [0.1, 0.15) is 27.7 Å². The second kappa shape index (κ2) is 4.11. The number of nitrogens with zero attached hydrogens (tertiary/aromatic N) is 1. The maximum absolute atomic E-state index is 5.43. The zero-order valence-corrected chi connectivity index (χ0v) is 12.8. The summed E-state index contributed by atoms with van der Waals surface area (Å²) >= 11 is 0. The van der Waals surface area contributed by atoms with Crippen LogP contribution < -0.4 is 10.1 Å². The Morgan fingerprint density at radius 1 is 1.05 bits per heavy atom. The van der Waals surface area contributed by atoms with Gasteiger partial charge in [-0.2, -0.15) is 0 Å². The van der Waals surface area contributed by atoms with Gasteiger partial charge in [-0.1, -0.05) is 39.8 Å². The van der Waals surface area contributed by atoms with E-state index in [2.05, 4.69) is 44.1 Å². The van der Waals surface area contributed by atoms with E-state index in [9.17, 15) is 0 Å². The normalized spacial score (nSPS) is 19.9. The molecule has 3 nitrogen and oxygen atoms in total. The molecule has 1 aliphatic carbocycles. The predicted molar refractivity (Wildman–Crippen MR) is 83.3 cm³/mol. The van der Waals surface area contributed by atoms with Crippen molar-refractivity contribution in [1.29, 1.82) is 0 Å². The van der Waals surface area contributed by atoms with Crippen LogP contribution in [-0.2, 0) is 0 Å². The highest BCUT2D eigenvalue weighted by atomic mass is 16.5. The molecule has 1 aromatic heterocycles. The van der Waals surface area contributed by atoms with Crippen LogP contribution in [-0.4, -0.2) is 18.1 Å². The molecule has 20 heavy (non-hydrogen) atoms. The molecule has 106 valence electrons. The Bertz CT molecular complexity index is 647. The molecule has 0 saturated heterocycles. The van der Waals surface area contributed by atoms with Gasteiger partial charge in [0.05, 0.1) is 7.11 Å². The van der Waals surface area contributed by atoms with Gasteiger partial charge in [0, 0.05) is 23.0 Å². The van der Waals surface area contributed by atoms with Gasteiger partial charge in [0.15, 0.2) is 0 Å². The fraction of sp³-hybridized carbons (Fsp3) is 0.471. The Balaban J connectivity index is 2.02. The van der Waals surface area contributed by atoms with Crippen LogP contribution >= 0.6 is 0 Å². The number of ether oxygens (including phenoxy) is 1. The van der Waals surface area contributed by atoms with Crippen molar-refractivity contribution in [2.75, 3.05) is 12.4 Å². The molecule has 1 aromatic carbocycles. The van der Waals surface area contributed by atoms with E-state index >= 15 is 0 Å². The van der Waals surface area contributed by atoms with E-state index in [4.69, 9.17) is 4.74 Å². The Morgan fingerprint density at radius 2 is 1.75 bits per heavy atom. The number of aromatic nitrogens is 1. The van der Waals surface area contributed by atoms with Crippen LogP contribution in [0.25, 0.3) is 10.8 Å². The minimum atomic E-state index is 0.287. The summed E-state index contributed by atoms with van der Waals surface area (Å²) < 4.78 is 5.43. The van der Waals surface area contributed by atoms with E-state index in [1.54, 1.807) is 7.11 Å². The van der Waals surface area contributed by atoms with Crippen molar-refractivity contribution in [1.82, 2.24) is 4.98 Å². The molecule has 3 rings (SSSR count). The summed E-state index contributed by atoms with van der Waals surface area (Å²) in [7, 11) is 1.70. The van der Waals surface area contributed by atoms with E-state index in [1.807, 2.05) is 24.4 Å². The summed E-state index contributed by atoms with van der Waals surface area (Å²) in [4.78, 5) is 4.53. The molecule has 1 heterocycles. The highest BCUT2D eigenvalue weighted by Gasteiger charge is 2.65. The number of fused-ring (bicyclic) bond motifs is 1. The van der Waals surface area contributed by atoms with Gasteiger partial charge in [-0.05, 0) is 23.0 Å². The molecule has 1 aliphatic rings. The Labute approximate surface area is 120 Å². The van der Waals surface area contributed by atoms with Crippen LogP contribution in [0, 0.1) is 10.8 Å². The summed E-state index contributed by atoms with van der Waals surface area (Å²) in [5, 5.41) is 5.84. The maximum atomic E-state index is 5.43. The molecule has 0 radical (unpaired) electrons. The minimum Gasteiger partial charge on any atom is -0.496 e. The molecule has 3 heteroatoms. The van der Waals surface area contributed by atoms with Gasteiger partial charge in [0.2, 0.25) is 0 Å². The van der Waals surface area contributed by atoms with Crippen molar-refractivity contribution < 1.29 is 4.74 Å². The van der Waals surface area contributed by atoms with Gasteiger partial charge in [-0.3, -0.25) is 0 Å². The Morgan fingerprint density at radius 3 is 2.35 bits per heavy atom. The Kier molecular flexibility index (Phi) is 2.72. The number of hydrogen-bond donors (Lipinski definition) is 1. The van der Waals surface area contributed by atoms with Gasteiger partial charge in [0.25, 0.3) is 0 Å².